The van der Waals surface area contributed by atoms with E-state index in [1.807, 2.05) is 36.4 Å². The van der Waals surface area contributed by atoms with E-state index in [4.69, 9.17) is 0 Å². The Morgan fingerprint density at radius 1 is 1.08 bits per heavy atom. The number of nitrogens with one attached hydrogen (secondary N) is 1. The quantitative estimate of drug-likeness (QED) is 0.619. The Kier molecular flexibility index (Phi) is 5.84. The first kappa shape index (κ1) is 18.7. The van der Waals surface area contributed by atoms with Crippen LogP contribution < -0.4 is 5.32 Å². The maximum absolute atomic E-state index is 12.5. The summed E-state index contributed by atoms with van der Waals surface area (Å²) >= 11 is 4.35. The lowest BCUT2D eigenvalue weighted by Crippen LogP contribution is -2.33. The lowest BCUT2D eigenvalue weighted by molar-refractivity contribution is -0.122. The maximum Gasteiger partial charge on any atom is 0.295 e. The molecule has 4 nitrogen and oxygen atoms in total. The average molecular weight is 431 g/mol. The average Bonchev–Trinajstić information content (AvgIpc) is 2.88. The second kappa shape index (κ2) is 8.10. The normalized spacial score (nSPS) is 16.0. The number of anilines is 1. The van der Waals surface area contributed by atoms with Crippen LogP contribution in [-0.2, 0) is 4.79 Å². The van der Waals surface area contributed by atoms with Crippen molar-refractivity contribution in [1.82, 2.24) is 4.90 Å². The molecule has 3 rings (SSSR count). The molecule has 0 aromatic heterocycles. The molecule has 134 valence electrons. The summed E-state index contributed by atoms with van der Waals surface area (Å²) in [4.78, 5) is 26.4. The number of hydrogen-bond donors (Lipinski definition) is 1. The van der Waals surface area contributed by atoms with Crippen molar-refractivity contribution in [1.29, 1.82) is 0 Å². The van der Waals surface area contributed by atoms with Gasteiger partial charge in [0.15, 0.2) is 0 Å². The van der Waals surface area contributed by atoms with Crippen molar-refractivity contribution in [2.24, 2.45) is 0 Å². The molecule has 2 aromatic carbocycles. The van der Waals surface area contributed by atoms with Crippen LogP contribution in [-0.4, -0.2) is 22.7 Å². The number of nitrogens with zero attached hydrogens (tertiary/aromatic N) is 1. The highest BCUT2D eigenvalue weighted by Crippen LogP contribution is 2.32. The van der Waals surface area contributed by atoms with Gasteiger partial charge in [-0.1, -0.05) is 54.0 Å². The monoisotopic (exact) mass is 430 g/mol. The van der Waals surface area contributed by atoms with Gasteiger partial charge in [0.25, 0.3) is 11.1 Å². The molecule has 0 saturated carbocycles. The highest BCUT2D eigenvalue weighted by Gasteiger charge is 2.34. The van der Waals surface area contributed by atoms with E-state index in [1.54, 1.807) is 6.08 Å². The third-order valence-electron chi connectivity index (χ3n) is 4.06. The third-order valence-corrected chi connectivity index (χ3v) is 5.50. The van der Waals surface area contributed by atoms with Gasteiger partial charge in [0, 0.05) is 10.2 Å². The van der Waals surface area contributed by atoms with Crippen LogP contribution in [0.1, 0.15) is 30.9 Å². The zero-order chi connectivity index (χ0) is 18.7. The molecule has 1 heterocycles. The Hall–Kier alpha value is -2.05. The molecule has 0 bridgehead atoms. The molecule has 0 spiro atoms. The number of thioether (sulfide) groups is 1. The van der Waals surface area contributed by atoms with Crippen LogP contribution >= 0.6 is 27.7 Å². The van der Waals surface area contributed by atoms with Gasteiger partial charge < -0.3 is 5.32 Å². The fourth-order valence-corrected chi connectivity index (χ4v) is 3.61. The molecule has 6 heteroatoms. The molecule has 1 fully saturated rings. The molecule has 0 aliphatic carbocycles. The lowest BCUT2D eigenvalue weighted by Gasteiger charge is -2.14. The van der Waals surface area contributed by atoms with Crippen molar-refractivity contribution in [3.63, 3.8) is 0 Å². The summed E-state index contributed by atoms with van der Waals surface area (Å²) in [7, 11) is 0. The standard InChI is InChI=1S/C20H19BrN2O2S/c1-13(2)15-5-3-14(4-6-15)11-18-19(24)23(20(25)26-18)12-22-17-9-7-16(21)8-10-17/h3-11,13,22H,12H2,1-2H3. The summed E-state index contributed by atoms with van der Waals surface area (Å²) in [5.41, 5.74) is 3.01. The van der Waals surface area contributed by atoms with Crippen molar-refractivity contribution in [3.05, 3.63) is 69.0 Å². The number of halogens is 1. The van der Waals surface area contributed by atoms with Crippen LogP contribution in [0.5, 0.6) is 0 Å². The molecule has 26 heavy (non-hydrogen) atoms. The Balaban J connectivity index is 1.68. The first-order valence-corrected chi connectivity index (χ1v) is 9.90. The first-order valence-electron chi connectivity index (χ1n) is 8.29. The Morgan fingerprint density at radius 3 is 2.35 bits per heavy atom. The number of amides is 2. The number of hydrogen-bond acceptors (Lipinski definition) is 4. The van der Waals surface area contributed by atoms with Crippen molar-refractivity contribution in [2.75, 3.05) is 12.0 Å². The topological polar surface area (TPSA) is 49.4 Å². The molecule has 1 N–H and O–H groups in total. The van der Waals surface area contributed by atoms with Crippen LogP contribution in [0.4, 0.5) is 10.5 Å². The fraction of sp³-hybridized carbons (Fsp3) is 0.200. The number of imide groups is 1. The van der Waals surface area contributed by atoms with Gasteiger partial charge in [0.05, 0.1) is 11.6 Å². The summed E-state index contributed by atoms with van der Waals surface area (Å²) in [5, 5.41) is 2.84. The fourth-order valence-electron chi connectivity index (χ4n) is 2.50. The smallest absolute Gasteiger partial charge is 0.295 e. The zero-order valence-electron chi connectivity index (χ0n) is 14.5. The molecule has 0 unspecified atom stereocenters. The number of carbonyl (C=O) groups is 2. The summed E-state index contributed by atoms with van der Waals surface area (Å²) in [6, 6.07) is 15.6. The molecular weight excluding hydrogens is 412 g/mol. The molecule has 1 aliphatic heterocycles. The maximum atomic E-state index is 12.5. The third kappa shape index (κ3) is 4.37. The minimum absolute atomic E-state index is 0.149. The Labute approximate surface area is 165 Å². The molecule has 1 aliphatic rings. The van der Waals surface area contributed by atoms with E-state index in [0.29, 0.717) is 10.8 Å². The first-order chi connectivity index (χ1) is 12.4. The van der Waals surface area contributed by atoms with Crippen molar-refractivity contribution < 1.29 is 9.59 Å². The van der Waals surface area contributed by atoms with Crippen LogP contribution in [0.3, 0.4) is 0 Å². The van der Waals surface area contributed by atoms with Gasteiger partial charge in [-0.3, -0.25) is 14.5 Å². The minimum Gasteiger partial charge on any atom is -0.367 e. The van der Waals surface area contributed by atoms with Gasteiger partial charge in [0.2, 0.25) is 0 Å². The predicted molar refractivity (Wildman–Crippen MR) is 111 cm³/mol. The second-order valence-electron chi connectivity index (χ2n) is 6.27. The summed E-state index contributed by atoms with van der Waals surface area (Å²) in [6.07, 6.45) is 1.77. The number of carbonyl (C=O) groups excluding carboxylic acids is 2. The Morgan fingerprint density at radius 2 is 1.73 bits per heavy atom. The molecule has 0 radical (unpaired) electrons. The summed E-state index contributed by atoms with van der Waals surface area (Å²) < 4.78 is 0.973. The second-order valence-corrected chi connectivity index (χ2v) is 8.18. The highest BCUT2D eigenvalue weighted by molar-refractivity contribution is 9.10. The van der Waals surface area contributed by atoms with Gasteiger partial charge in [0.1, 0.15) is 0 Å². The number of benzene rings is 2. The Bertz CT molecular complexity index is 845. The lowest BCUT2D eigenvalue weighted by atomic mass is 10.0. The van der Waals surface area contributed by atoms with E-state index in [-0.39, 0.29) is 17.8 Å². The summed E-state index contributed by atoms with van der Waals surface area (Å²) in [6.45, 7) is 4.42. The molecule has 2 amide bonds. The highest BCUT2D eigenvalue weighted by atomic mass is 79.9. The van der Waals surface area contributed by atoms with E-state index in [1.165, 1.54) is 10.5 Å². The molecule has 0 atom stereocenters. The summed E-state index contributed by atoms with van der Waals surface area (Å²) in [5.74, 6) is 0.193. The predicted octanol–water partition coefficient (Wildman–Crippen LogP) is 5.68. The van der Waals surface area contributed by atoms with Gasteiger partial charge in [-0.2, -0.15) is 0 Å². The van der Waals surface area contributed by atoms with Crippen molar-refractivity contribution in [2.45, 2.75) is 19.8 Å². The van der Waals surface area contributed by atoms with Gasteiger partial charge >= 0.3 is 0 Å². The van der Waals surface area contributed by atoms with Crippen LogP contribution in [0.15, 0.2) is 57.9 Å². The molecule has 2 aromatic rings. The van der Waals surface area contributed by atoms with Crippen molar-refractivity contribution >= 4 is 50.6 Å². The number of rotatable bonds is 5. The molecule has 1 saturated heterocycles. The van der Waals surface area contributed by atoms with E-state index in [0.717, 1.165) is 27.5 Å². The SMILES string of the molecule is CC(C)c1ccc(C=C2SC(=O)N(CNc3ccc(Br)cc3)C2=O)cc1. The van der Waals surface area contributed by atoms with E-state index < -0.39 is 0 Å². The van der Waals surface area contributed by atoms with E-state index >= 15 is 0 Å². The zero-order valence-corrected chi connectivity index (χ0v) is 16.9. The van der Waals surface area contributed by atoms with Crippen LogP contribution in [0, 0.1) is 0 Å². The van der Waals surface area contributed by atoms with Crippen LogP contribution in [0.2, 0.25) is 0 Å². The van der Waals surface area contributed by atoms with Gasteiger partial charge in [-0.15, -0.1) is 0 Å². The van der Waals surface area contributed by atoms with E-state index in [2.05, 4.69) is 47.2 Å². The van der Waals surface area contributed by atoms with Crippen molar-refractivity contribution in [3.8, 4) is 0 Å². The van der Waals surface area contributed by atoms with Gasteiger partial charge in [-0.05, 0) is 59.1 Å². The van der Waals surface area contributed by atoms with Gasteiger partial charge in [-0.25, -0.2) is 0 Å². The largest absolute Gasteiger partial charge is 0.367 e. The molecular formula is C20H19BrN2O2S. The van der Waals surface area contributed by atoms with E-state index in [9.17, 15) is 9.59 Å². The minimum atomic E-state index is -0.266. The van der Waals surface area contributed by atoms with Crippen LogP contribution in [0.25, 0.3) is 6.08 Å².